The Kier molecular flexibility index (Phi) is 20.5. The fourth-order valence-electron chi connectivity index (χ4n) is 18.8. The number of aromatic nitrogens is 4. The number of benzene rings is 19. The smallest absolute Gasteiger partial charge is 0.335 e. The number of anilines is 6. The lowest BCUT2D eigenvalue weighted by molar-refractivity contribution is -0.121. The second-order valence-electron chi connectivity index (χ2n) is 32.6. The third-order valence-corrected chi connectivity index (χ3v) is 25.1. The number of carboxylic acids is 2. The van der Waals surface area contributed by atoms with Crippen LogP contribution in [0.5, 0.6) is 11.5 Å². The lowest BCUT2D eigenvalue weighted by Crippen LogP contribution is -2.10. The Hall–Kier alpha value is -18.1. The van der Waals surface area contributed by atoms with Crippen LogP contribution in [0.3, 0.4) is 0 Å². The fraction of sp³-hybridized carbons (Fsp3) is 0. The lowest BCUT2D eigenvalue weighted by Gasteiger charge is -2.26. The van der Waals surface area contributed by atoms with E-state index in [-0.39, 0.29) is 11.1 Å². The van der Waals surface area contributed by atoms with Gasteiger partial charge in [-0.2, -0.15) is 0 Å². The molecule has 0 aliphatic rings. The third-order valence-electron chi connectivity index (χ3n) is 25.1. The van der Waals surface area contributed by atoms with Gasteiger partial charge in [0.15, 0.2) is 0 Å². The largest absolute Gasteiger partial charge is 0.478 e. The molecule has 14 heteroatoms. The first-order valence-electron chi connectivity index (χ1n) is 43.5. The predicted molar refractivity (Wildman–Crippen MR) is 534 cm³/mol. The fourth-order valence-corrected chi connectivity index (χ4v) is 18.8. The van der Waals surface area contributed by atoms with Crippen molar-refractivity contribution in [2.75, 3.05) is 9.80 Å². The molecule has 0 unspecified atom stereocenters. The number of carboxylic acid groups (broad SMARTS) is 2. The number of carbonyl (C=O) groups is 4. The molecule has 0 fully saturated rings. The summed E-state index contributed by atoms with van der Waals surface area (Å²) in [6, 6.07) is 154. The van der Waals surface area contributed by atoms with Crippen molar-refractivity contribution in [2.45, 2.75) is 0 Å². The molecule has 0 aliphatic heterocycles. The van der Waals surface area contributed by atoms with Gasteiger partial charge in [0, 0.05) is 100.0 Å². The van der Waals surface area contributed by atoms with Crippen molar-refractivity contribution in [1.82, 2.24) is 18.3 Å². The summed E-state index contributed by atoms with van der Waals surface area (Å²) in [7, 11) is 0. The Bertz CT molecular complexity index is 8360. The van der Waals surface area contributed by atoms with Crippen molar-refractivity contribution < 1.29 is 38.9 Å². The minimum atomic E-state index is -0.955. The zero-order valence-corrected chi connectivity index (χ0v) is 70.9. The monoisotopic (exact) mass is 1710 g/mol. The SMILES string of the molecule is O=COc1ccc(-n2c3ccccc3c3cc(N(c4ccc(-c5ccc(-c6ccc(-c7ccccc7)cc6)cc5)cc4)c4ccc5c(c4)c4ccccc4n5-c4ccc(C(=O)O)cc4)ccc32)cc1.O=COc1ccc(-n2c3ccccc3c3cc(N(c4ccc(-c5ccc(-c6ccccc6)cc5)cc4)c4ccc5c(c4)c4ccccc4n5-c4ccc(C(=O)O)cc4)ccc32)cc1. The van der Waals surface area contributed by atoms with E-state index >= 15 is 0 Å². The maximum absolute atomic E-state index is 11.8. The highest BCUT2D eigenvalue weighted by Gasteiger charge is 2.25. The van der Waals surface area contributed by atoms with Crippen molar-refractivity contribution in [2.24, 2.45) is 0 Å². The first-order chi connectivity index (χ1) is 65.0. The van der Waals surface area contributed by atoms with Gasteiger partial charge in [0.05, 0.1) is 55.3 Å². The number of ether oxygens (including phenoxy) is 2. The highest BCUT2D eigenvalue weighted by atomic mass is 16.5. The minimum Gasteiger partial charge on any atom is -0.478 e. The summed E-state index contributed by atoms with van der Waals surface area (Å²) >= 11 is 0. The van der Waals surface area contributed by atoms with Crippen LogP contribution in [0, 0.1) is 0 Å². The van der Waals surface area contributed by atoms with E-state index in [2.05, 4.69) is 356 Å². The maximum atomic E-state index is 11.8. The second-order valence-corrected chi connectivity index (χ2v) is 32.6. The molecule has 0 saturated heterocycles. The zero-order chi connectivity index (χ0) is 88.9. The van der Waals surface area contributed by atoms with Gasteiger partial charge in [-0.15, -0.1) is 0 Å². The van der Waals surface area contributed by atoms with Crippen molar-refractivity contribution in [3.63, 3.8) is 0 Å². The Morgan fingerprint density at radius 2 is 0.402 bits per heavy atom. The van der Waals surface area contributed by atoms with Gasteiger partial charge in [-0.1, -0.05) is 231 Å². The number of fused-ring (bicyclic) bond motifs is 12. The Labute approximate surface area is 758 Å². The molecule has 14 nitrogen and oxygen atoms in total. The van der Waals surface area contributed by atoms with Crippen molar-refractivity contribution in [3.8, 4) is 89.9 Å². The second kappa shape index (κ2) is 34.0. The quantitative estimate of drug-likeness (QED) is 0.0665. The van der Waals surface area contributed by atoms with Gasteiger partial charge >= 0.3 is 11.9 Å². The van der Waals surface area contributed by atoms with Crippen LogP contribution in [-0.2, 0) is 9.59 Å². The van der Waals surface area contributed by atoms with Crippen molar-refractivity contribution >= 4 is 146 Å². The molecule has 23 aromatic rings. The number of carbonyl (C=O) groups excluding carboxylic acids is 2. The van der Waals surface area contributed by atoms with Crippen LogP contribution >= 0.6 is 0 Å². The summed E-state index contributed by atoms with van der Waals surface area (Å²) < 4.78 is 19.1. The van der Waals surface area contributed by atoms with E-state index in [0.29, 0.717) is 24.4 Å². The van der Waals surface area contributed by atoms with Crippen molar-refractivity contribution in [1.29, 1.82) is 0 Å². The molecule has 0 spiro atoms. The van der Waals surface area contributed by atoms with Gasteiger partial charge in [0.1, 0.15) is 11.5 Å². The molecule has 2 N–H and O–H groups in total. The van der Waals surface area contributed by atoms with Gasteiger partial charge in [-0.05, 0) is 274 Å². The zero-order valence-electron chi connectivity index (χ0n) is 70.9. The molecule has 0 saturated carbocycles. The molecular formula is C118H78N6O8. The van der Waals surface area contributed by atoms with Gasteiger partial charge in [0.25, 0.3) is 12.9 Å². The molecule has 0 aliphatic carbocycles. The Balaban J connectivity index is 0.000000155. The van der Waals surface area contributed by atoms with E-state index in [9.17, 15) is 29.4 Å². The van der Waals surface area contributed by atoms with Crippen LogP contribution in [0.1, 0.15) is 20.7 Å². The number of hydrogen-bond donors (Lipinski definition) is 2. The topological polar surface area (TPSA) is 153 Å². The van der Waals surface area contributed by atoms with Crippen LogP contribution in [0.2, 0.25) is 0 Å². The molecule has 4 heterocycles. The lowest BCUT2D eigenvalue weighted by atomic mass is 9.98. The van der Waals surface area contributed by atoms with E-state index in [1.807, 2.05) is 72.8 Å². The molecule has 4 aromatic heterocycles. The summed E-state index contributed by atoms with van der Waals surface area (Å²) in [6.45, 7) is 0.884. The van der Waals surface area contributed by atoms with Gasteiger partial charge in [-0.3, -0.25) is 9.59 Å². The predicted octanol–water partition coefficient (Wildman–Crippen LogP) is 29.5. The Morgan fingerprint density at radius 1 is 0.205 bits per heavy atom. The Morgan fingerprint density at radius 3 is 0.636 bits per heavy atom. The standard InChI is InChI=1S/C62H41N3O4.C56H37N3O4/c66-40-69-53-34-30-50(31-35-53)65-59-13-7-5-11-55(59)57-39-52(33-37-61(57)65)63(51-32-36-60-56(38-51)54-10-4-6-12-58(54)64(60)49-28-24-47(25-29-49)62(67)68)48-26-22-46(23-27-48)45-20-18-44(19-21-45)43-16-14-42(15-17-43)41-8-2-1-3-9-41;60-36-63-47-30-26-44(27-31-47)59-53-13-7-5-11-49(53)51-35-46(29-33-55(51)59)57(42-22-18-40(19-23-42)39-16-14-38(15-17-39)37-8-2-1-3-9-37)45-28-32-54-50(34-45)48-10-4-6-12-52(48)58(54)43-24-20-41(21-25-43)56(61)62/h1-40H,(H,67,68);1-36H,(H,61,62). The average molecular weight is 1710 g/mol. The molecule has 0 radical (unpaired) electrons. The summed E-state index contributed by atoms with van der Waals surface area (Å²) in [6.07, 6.45) is 0. The summed E-state index contributed by atoms with van der Waals surface area (Å²) in [5, 5.41) is 28.0. The van der Waals surface area contributed by atoms with Crippen LogP contribution < -0.4 is 19.3 Å². The number of aromatic carboxylic acids is 2. The summed E-state index contributed by atoms with van der Waals surface area (Å²) in [5.41, 5.74) is 30.0. The van der Waals surface area contributed by atoms with Crippen LogP contribution in [0.25, 0.3) is 166 Å². The van der Waals surface area contributed by atoms with E-state index < -0.39 is 11.9 Å². The molecule has 0 atom stereocenters. The van der Waals surface area contributed by atoms with Crippen LogP contribution in [0.4, 0.5) is 34.1 Å². The van der Waals surface area contributed by atoms with Crippen molar-refractivity contribution in [3.05, 3.63) is 460 Å². The van der Waals surface area contributed by atoms with Gasteiger partial charge < -0.3 is 47.8 Å². The van der Waals surface area contributed by atoms with Gasteiger partial charge in [-0.25, -0.2) is 9.59 Å². The summed E-state index contributed by atoms with van der Waals surface area (Å²) in [4.78, 5) is 50.2. The third kappa shape index (κ3) is 14.7. The molecule has 23 rings (SSSR count). The number of rotatable bonds is 21. The average Bonchev–Trinajstić information content (AvgIpc) is 1.60. The molecular weight excluding hydrogens is 1630 g/mol. The first-order valence-corrected chi connectivity index (χ1v) is 43.5. The summed E-state index contributed by atoms with van der Waals surface area (Å²) in [5.74, 6) is -0.941. The molecule has 19 aromatic carbocycles. The maximum Gasteiger partial charge on any atom is 0.335 e. The minimum absolute atomic E-state index is 0.243. The molecule has 628 valence electrons. The normalized spacial score (nSPS) is 11.4. The number of hydrogen-bond acceptors (Lipinski definition) is 8. The van der Waals surface area contributed by atoms with Gasteiger partial charge in [0.2, 0.25) is 0 Å². The molecule has 0 amide bonds. The highest BCUT2D eigenvalue weighted by molar-refractivity contribution is 6.15. The highest BCUT2D eigenvalue weighted by Crippen LogP contribution is 2.47. The number of para-hydroxylation sites is 4. The van der Waals surface area contributed by atoms with E-state index in [4.69, 9.17) is 9.47 Å². The van der Waals surface area contributed by atoms with E-state index in [0.717, 1.165) is 172 Å². The van der Waals surface area contributed by atoms with Crippen LogP contribution in [-0.4, -0.2) is 53.4 Å². The van der Waals surface area contributed by atoms with E-state index in [1.54, 1.807) is 48.5 Å². The van der Waals surface area contributed by atoms with Crippen LogP contribution in [0.15, 0.2) is 449 Å². The molecule has 132 heavy (non-hydrogen) atoms. The number of nitrogens with zero attached hydrogens (tertiary/aromatic N) is 6. The van der Waals surface area contributed by atoms with E-state index in [1.165, 1.54) is 27.8 Å². The molecule has 0 bridgehead atoms. The first kappa shape index (κ1) is 79.7.